The van der Waals surface area contributed by atoms with E-state index in [1.807, 2.05) is 0 Å². The number of esters is 1. The van der Waals surface area contributed by atoms with Crippen molar-refractivity contribution in [2.45, 2.75) is 6.92 Å². The number of hydrogen-bond acceptors (Lipinski definition) is 7. The van der Waals surface area contributed by atoms with Crippen LogP contribution in [0, 0.1) is 0 Å². The van der Waals surface area contributed by atoms with Crippen LogP contribution in [0.4, 0.5) is 0 Å². The van der Waals surface area contributed by atoms with Crippen molar-refractivity contribution in [1.82, 2.24) is 0 Å². The predicted octanol–water partition coefficient (Wildman–Crippen LogP) is 5.17. The average Bonchev–Trinajstić information content (AvgIpc) is 3.08. The van der Waals surface area contributed by atoms with Gasteiger partial charge in [0.1, 0.15) is 16.4 Å². The Morgan fingerprint density at radius 3 is 2.50 bits per heavy atom. The third-order valence-electron chi connectivity index (χ3n) is 4.35. The second-order valence-corrected chi connectivity index (χ2v) is 8.27. The summed E-state index contributed by atoms with van der Waals surface area (Å²) in [5.41, 5.74) is 0.888. The lowest BCUT2D eigenvalue weighted by molar-refractivity contribution is -0.138. The van der Waals surface area contributed by atoms with Crippen LogP contribution in [-0.2, 0) is 9.53 Å². The zero-order valence-electron chi connectivity index (χ0n) is 17.5. The Bertz CT molecular complexity index is 1140. The molecule has 0 spiro atoms. The second kappa shape index (κ2) is 10.5. The second-order valence-electron chi connectivity index (χ2n) is 6.38. The zero-order valence-corrected chi connectivity index (χ0v) is 20.0. The number of nitrogens with zero attached hydrogens (tertiary/aromatic N) is 1. The molecule has 1 aliphatic heterocycles. The monoisotopic (exact) mass is 517 g/mol. The van der Waals surface area contributed by atoms with E-state index in [-0.39, 0.29) is 23.0 Å². The number of aliphatic hydroxyl groups is 1. The number of ether oxygens (including phenoxy) is 3. The van der Waals surface area contributed by atoms with Crippen LogP contribution in [-0.4, -0.2) is 42.9 Å². The van der Waals surface area contributed by atoms with Gasteiger partial charge < -0.3 is 19.3 Å². The molecule has 0 bridgehead atoms. The zero-order chi connectivity index (χ0) is 23.3. The number of methoxy groups -OCH3 is 2. The molecule has 3 rings (SSSR count). The maximum Gasteiger partial charge on any atom is 0.344 e. The summed E-state index contributed by atoms with van der Waals surface area (Å²) in [6.45, 7) is 1.77. The van der Waals surface area contributed by atoms with Crippen LogP contribution in [0.3, 0.4) is 0 Å². The molecule has 1 heterocycles. The molecule has 32 heavy (non-hydrogen) atoms. The van der Waals surface area contributed by atoms with Gasteiger partial charge in [-0.3, -0.25) is 4.79 Å². The lowest BCUT2D eigenvalue weighted by Gasteiger charge is -2.10. The van der Waals surface area contributed by atoms with Crippen molar-refractivity contribution in [1.29, 1.82) is 0 Å². The highest BCUT2D eigenvalue weighted by Crippen LogP contribution is 2.41. The molecule has 166 valence electrons. The van der Waals surface area contributed by atoms with E-state index in [4.69, 9.17) is 14.2 Å². The number of thioether (sulfide) groups is 1. The molecule has 0 radical (unpaired) electrons. The fourth-order valence-electron chi connectivity index (χ4n) is 2.90. The van der Waals surface area contributed by atoms with Crippen LogP contribution in [0.25, 0.3) is 6.08 Å². The van der Waals surface area contributed by atoms with Crippen molar-refractivity contribution < 1.29 is 28.9 Å². The van der Waals surface area contributed by atoms with Crippen LogP contribution in [0.15, 0.2) is 68.2 Å². The average molecular weight is 518 g/mol. The quantitative estimate of drug-likeness (QED) is 0.528. The van der Waals surface area contributed by atoms with Crippen LogP contribution < -0.4 is 9.47 Å². The maximum atomic E-state index is 12.6. The Labute approximate surface area is 197 Å². The van der Waals surface area contributed by atoms with Crippen molar-refractivity contribution in [3.8, 4) is 11.5 Å². The number of amides is 1. The Balaban J connectivity index is 2.05. The van der Waals surface area contributed by atoms with E-state index >= 15 is 0 Å². The van der Waals surface area contributed by atoms with Crippen LogP contribution in [0.2, 0.25) is 0 Å². The third-order valence-corrected chi connectivity index (χ3v) is 5.96. The number of hydrogen-bond donors (Lipinski definition) is 1. The summed E-state index contributed by atoms with van der Waals surface area (Å²) in [5.74, 6) is -0.582. The minimum Gasteiger partial charge on any atom is -0.506 e. The Kier molecular flexibility index (Phi) is 7.76. The molecule has 9 heteroatoms. The molecule has 0 unspecified atom stereocenters. The summed E-state index contributed by atoms with van der Waals surface area (Å²) in [5, 5.41) is 10.9. The molecule has 1 N–H and O–H groups in total. The van der Waals surface area contributed by atoms with E-state index in [0.29, 0.717) is 32.0 Å². The van der Waals surface area contributed by atoms with Gasteiger partial charge in [0.2, 0.25) is 0 Å². The van der Waals surface area contributed by atoms with Crippen molar-refractivity contribution in [3.05, 3.63) is 74.3 Å². The smallest absolute Gasteiger partial charge is 0.344 e. The fourth-order valence-corrected chi connectivity index (χ4v) is 4.54. The van der Waals surface area contributed by atoms with E-state index in [1.54, 1.807) is 55.5 Å². The first-order valence-corrected chi connectivity index (χ1v) is 11.1. The van der Waals surface area contributed by atoms with Crippen molar-refractivity contribution in [3.63, 3.8) is 0 Å². The van der Waals surface area contributed by atoms with Crippen LogP contribution >= 0.6 is 27.7 Å². The largest absolute Gasteiger partial charge is 0.506 e. The van der Waals surface area contributed by atoms with Gasteiger partial charge in [-0.2, -0.15) is 0 Å². The van der Waals surface area contributed by atoms with Gasteiger partial charge in [0, 0.05) is 5.56 Å². The normalized spacial score (nSPS) is 15.9. The molecule has 0 saturated carbocycles. The predicted molar refractivity (Wildman–Crippen MR) is 127 cm³/mol. The molecule has 7 nitrogen and oxygen atoms in total. The molecule has 1 amide bonds. The molecule has 1 aliphatic rings. The number of benzene rings is 2. The number of halogens is 1. The van der Waals surface area contributed by atoms with Gasteiger partial charge in [-0.1, -0.05) is 30.0 Å². The standard InChI is InChI=1S/C23H20BrNO6S/c1-4-31-23(28)18-19(26)17(12-13-10-15(24)20(30-3)16(11-13)29-2)32-22(18)25-21(27)14-8-6-5-7-9-14/h5-12,26H,4H2,1-3H3/b17-12-,25-22?. The summed E-state index contributed by atoms with van der Waals surface area (Å²) in [4.78, 5) is 29.5. The van der Waals surface area contributed by atoms with Gasteiger partial charge in [0.15, 0.2) is 11.5 Å². The molecule has 2 aromatic carbocycles. The van der Waals surface area contributed by atoms with Gasteiger partial charge in [0.05, 0.1) is 30.2 Å². The van der Waals surface area contributed by atoms with E-state index in [2.05, 4.69) is 20.9 Å². The van der Waals surface area contributed by atoms with E-state index < -0.39 is 11.9 Å². The number of carbonyl (C=O) groups excluding carboxylic acids is 2. The van der Waals surface area contributed by atoms with Gasteiger partial charge in [-0.15, -0.1) is 0 Å². The fraction of sp³-hybridized carbons (Fsp3) is 0.174. The van der Waals surface area contributed by atoms with Crippen LogP contribution in [0.1, 0.15) is 22.8 Å². The Hall–Kier alpha value is -3.04. The maximum absolute atomic E-state index is 12.6. The highest BCUT2D eigenvalue weighted by atomic mass is 79.9. The Morgan fingerprint density at radius 1 is 1.16 bits per heavy atom. The van der Waals surface area contributed by atoms with Gasteiger partial charge >= 0.3 is 5.97 Å². The molecule has 2 aromatic rings. The summed E-state index contributed by atoms with van der Waals surface area (Å²) < 4.78 is 16.4. The van der Waals surface area contributed by atoms with Crippen molar-refractivity contribution in [2.75, 3.05) is 20.8 Å². The highest BCUT2D eigenvalue weighted by molar-refractivity contribution is 9.10. The van der Waals surface area contributed by atoms with E-state index in [0.717, 1.165) is 11.8 Å². The minimum absolute atomic E-state index is 0.0700. The summed E-state index contributed by atoms with van der Waals surface area (Å²) in [6, 6.07) is 12.0. The van der Waals surface area contributed by atoms with Crippen molar-refractivity contribution >= 4 is 50.7 Å². The number of aliphatic hydroxyl groups excluding tert-OH is 1. The molecule has 0 fully saturated rings. The Morgan fingerprint density at radius 2 is 1.88 bits per heavy atom. The van der Waals surface area contributed by atoms with Crippen LogP contribution in [0.5, 0.6) is 11.5 Å². The third kappa shape index (κ3) is 5.05. The lowest BCUT2D eigenvalue weighted by Crippen LogP contribution is -2.14. The highest BCUT2D eigenvalue weighted by Gasteiger charge is 2.34. The molecule has 0 aromatic heterocycles. The van der Waals surface area contributed by atoms with Gasteiger partial charge in [-0.05, 0) is 58.8 Å². The number of aliphatic imine (C=N–C) groups is 1. The first-order valence-electron chi connectivity index (χ1n) is 9.49. The van der Waals surface area contributed by atoms with Gasteiger partial charge in [0.25, 0.3) is 5.91 Å². The summed E-state index contributed by atoms with van der Waals surface area (Å²) in [6.07, 6.45) is 1.65. The SMILES string of the molecule is CCOC(=O)C1=C(O)/C(=C/c2cc(Br)c(OC)c(OC)c2)SC1=NC(=O)c1ccccc1. The number of rotatable bonds is 6. The minimum atomic E-state index is -0.756. The molecule has 0 aliphatic carbocycles. The molecule has 0 saturated heterocycles. The molecular formula is C23H20BrNO6S. The lowest BCUT2D eigenvalue weighted by atomic mass is 10.1. The van der Waals surface area contributed by atoms with E-state index in [1.165, 1.54) is 14.2 Å². The topological polar surface area (TPSA) is 94.4 Å². The van der Waals surface area contributed by atoms with Gasteiger partial charge in [-0.25, -0.2) is 9.79 Å². The van der Waals surface area contributed by atoms with Crippen molar-refractivity contribution in [2.24, 2.45) is 4.99 Å². The summed E-state index contributed by atoms with van der Waals surface area (Å²) in [7, 11) is 3.04. The summed E-state index contributed by atoms with van der Waals surface area (Å²) >= 11 is 4.44. The molecule has 0 atom stereocenters. The first kappa shape index (κ1) is 23.6. The molecular weight excluding hydrogens is 498 g/mol. The van der Waals surface area contributed by atoms with E-state index in [9.17, 15) is 14.7 Å². The number of carbonyl (C=O) groups is 2. The first-order chi connectivity index (χ1) is 15.4.